The highest BCUT2D eigenvalue weighted by molar-refractivity contribution is 5.67. The molecule has 1 aliphatic rings. The molecule has 2 heterocycles. The second-order valence-electron chi connectivity index (χ2n) is 6.84. The van der Waals surface area contributed by atoms with Crippen LogP contribution in [-0.4, -0.2) is 25.9 Å². The molecule has 0 fully saturated rings. The van der Waals surface area contributed by atoms with Crippen LogP contribution >= 0.6 is 0 Å². The van der Waals surface area contributed by atoms with Gasteiger partial charge >= 0.3 is 0 Å². The second-order valence-corrected chi connectivity index (χ2v) is 6.84. The van der Waals surface area contributed by atoms with Crippen molar-refractivity contribution in [2.24, 2.45) is 0 Å². The van der Waals surface area contributed by atoms with Crippen LogP contribution in [0.25, 0.3) is 0 Å². The summed E-state index contributed by atoms with van der Waals surface area (Å²) in [4.78, 5) is 8.53. The fraction of sp³-hybridized carbons (Fsp3) is 0.167. The highest BCUT2D eigenvalue weighted by Crippen LogP contribution is 2.37. The highest BCUT2D eigenvalue weighted by atomic mass is 16.5. The number of ether oxygens (including phenoxy) is 3. The van der Waals surface area contributed by atoms with Gasteiger partial charge in [0.15, 0.2) is 11.5 Å². The van der Waals surface area contributed by atoms with Crippen LogP contribution in [0.5, 0.6) is 17.4 Å². The second kappa shape index (κ2) is 8.78. The van der Waals surface area contributed by atoms with E-state index in [0.717, 1.165) is 22.5 Å². The number of hydrogen-bond acceptors (Lipinski definition) is 6. The molecular formula is C24H24N3O3. The Morgan fingerprint density at radius 3 is 2.43 bits per heavy atom. The average Bonchev–Trinajstić information content (AvgIpc) is 3.29. The molecule has 0 atom stereocenters. The van der Waals surface area contributed by atoms with Gasteiger partial charge in [-0.25, -0.2) is 4.98 Å². The quantitative estimate of drug-likeness (QED) is 0.575. The third-order valence-corrected chi connectivity index (χ3v) is 4.89. The number of rotatable bonds is 7. The molecule has 0 aliphatic carbocycles. The molecular weight excluding hydrogens is 378 g/mol. The van der Waals surface area contributed by atoms with Crippen molar-refractivity contribution in [2.75, 3.05) is 30.7 Å². The summed E-state index contributed by atoms with van der Waals surface area (Å²) in [5.41, 5.74) is 3.91. The van der Waals surface area contributed by atoms with Crippen LogP contribution in [0.3, 0.4) is 0 Å². The normalized spacial score (nSPS) is 12.9. The van der Waals surface area contributed by atoms with Crippen molar-refractivity contribution in [2.45, 2.75) is 6.61 Å². The lowest BCUT2D eigenvalue weighted by atomic mass is 10.1. The van der Waals surface area contributed by atoms with E-state index < -0.39 is 0 Å². The predicted octanol–water partition coefficient (Wildman–Crippen LogP) is 4.62. The molecule has 0 amide bonds. The lowest BCUT2D eigenvalue weighted by Crippen LogP contribution is -2.25. The van der Waals surface area contributed by atoms with E-state index in [2.05, 4.69) is 40.0 Å². The topological polar surface area (TPSA) is 47.1 Å². The van der Waals surface area contributed by atoms with Gasteiger partial charge in [-0.1, -0.05) is 18.2 Å². The molecule has 0 unspecified atom stereocenters. The number of para-hydroxylation sites is 1. The number of benzene rings is 2. The first-order valence-corrected chi connectivity index (χ1v) is 9.60. The minimum absolute atomic E-state index is 0.370. The number of methoxy groups -OCH3 is 2. The van der Waals surface area contributed by atoms with E-state index in [9.17, 15) is 0 Å². The lowest BCUT2D eigenvalue weighted by Gasteiger charge is -2.24. The minimum atomic E-state index is 0.370. The molecule has 1 aromatic heterocycles. The molecule has 4 rings (SSSR count). The van der Waals surface area contributed by atoms with Gasteiger partial charge in [-0.2, -0.15) is 0 Å². The Bertz CT molecular complexity index is 1020. The maximum absolute atomic E-state index is 6.06. The van der Waals surface area contributed by atoms with Gasteiger partial charge in [-0.05, 0) is 36.8 Å². The summed E-state index contributed by atoms with van der Waals surface area (Å²) in [7, 11) is 3.22. The molecule has 1 aliphatic heterocycles. The van der Waals surface area contributed by atoms with E-state index in [1.165, 1.54) is 0 Å². The third-order valence-electron chi connectivity index (χ3n) is 4.89. The summed E-state index contributed by atoms with van der Waals surface area (Å²) in [5, 5.41) is 0. The van der Waals surface area contributed by atoms with E-state index in [4.69, 9.17) is 14.2 Å². The first-order chi connectivity index (χ1) is 14.7. The standard InChI is InChI=1S/C24H24N3O3/c1-18-13-22(28-2)23(30-16-19-9-10-24(29-3)25-15-19)14-21(18)27-12-11-26(17-27)20-7-5-4-6-8-20/h4-15H,1,16-17H2,2-3H3. The maximum Gasteiger partial charge on any atom is 0.212 e. The Labute approximate surface area is 176 Å². The molecule has 30 heavy (non-hydrogen) atoms. The minimum Gasteiger partial charge on any atom is -0.493 e. The highest BCUT2D eigenvalue weighted by Gasteiger charge is 2.19. The Kier molecular flexibility index (Phi) is 5.75. The Morgan fingerprint density at radius 1 is 0.933 bits per heavy atom. The van der Waals surface area contributed by atoms with Crippen LogP contribution in [0.2, 0.25) is 0 Å². The zero-order valence-electron chi connectivity index (χ0n) is 17.1. The fourth-order valence-electron chi connectivity index (χ4n) is 3.27. The smallest absolute Gasteiger partial charge is 0.212 e. The van der Waals surface area contributed by atoms with Crippen LogP contribution < -0.4 is 24.0 Å². The van der Waals surface area contributed by atoms with Gasteiger partial charge < -0.3 is 24.0 Å². The van der Waals surface area contributed by atoms with Crippen molar-refractivity contribution in [3.63, 3.8) is 0 Å². The molecule has 6 nitrogen and oxygen atoms in total. The van der Waals surface area contributed by atoms with Crippen LogP contribution in [0.1, 0.15) is 11.1 Å². The molecule has 1 radical (unpaired) electrons. The number of anilines is 2. The molecule has 0 saturated carbocycles. The maximum atomic E-state index is 6.06. The fourth-order valence-corrected chi connectivity index (χ4v) is 3.27. The van der Waals surface area contributed by atoms with Gasteiger partial charge in [-0.15, -0.1) is 0 Å². The van der Waals surface area contributed by atoms with E-state index in [1.54, 1.807) is 20.4 Å². The number of hydrogen-bond donors (Lipinski definition) is 0. The van der Waals surface area contributed by atoms with Crippen LogP contribution in [0, 0.1) is 6.92 Å². The molecule has 153 valence electrons. The van der Waals surface area contributed by atoms with Crippen LogP contribution in [-0.2, 0) is 6.61 Å². The van der Waals surface area contributed by atoms with Crippen molar-refractivity contribution < 1.29 is 14.2 Å². The van der Waals surface area contributed by atoms with Crippen molar-refractivity contribution in [1.82, 2.24) is 4.98 Å². The van der Waals surface area contributed by atoms with Crippen molar-refractivity contribution in [3.05, 3.63) is 91.2 Å². The van der Waals surface area contributed by atoms with Crippen LogP contribution in [0.4, 0.5) is 11.4 Å². The van der Waals surface area contributed by atoms with Crippen LogP contribution in [0.15, 0.2) is 73.2 Å². The summed E-state index contributed by atoms with van der Waals surface area (Å²) < 4.78 is 16.7. The largest absolute Gasteiger partial charge is 0.493 e. The summed E-state index contributed by atoms with van der Waals surface area (Å²) in [6.07, 6.45) is 5.84. The summed E-state index contributed by atoms with van der Waals surface area (Å²) >= 11 is 0. The number of aromatic nitrogens is 1. The van der Waals surface area contributed by atoms with Gasteiger partial charge in [0.05, 0.1) is 20.9 Å². The summed E-state index contributed by atoms with van der Waals surface area (Å²) in [5.74, 6) is 1.87. The van der Waals surface area contributed by atoms with E-state index in [1.807, 2.05) is 48.7 Å². The number of nitrogens with zero attached hydrogens (tertiary/aromatic N) is 3. The van der Waals surface area contributed by atoms with E-state index >= 15 is 0 Å². The molecule has 6 heteroatoms. The molecule has 0 N–H and O–H groups in total. The zero-order valence-corrected chi connectivity index (χ0v) is 17.1. The van der Waals surface area contributed by atoms with Crippen molar-refractivity contribution >= 4 is 11.4 Å². The zero-order chi connectivity index (χ0) is 20.9. The summed E-state index contributed by atoms with van der Waals surface area (Å²) in [6.45, 7) is 5.26. The monoisotopic (exact) mass is 402 g/mol. The van der Waals surface area contributed by atoms with Crippen molar-refractivity contribution in [1.29, 1.82) is 0 Å². The van der Waals surface area contributed by atoms with E-state index in [-0.39, 0.29) is 0 Å². The average molecular weight is 402 g/mol. The Morgan fingerprint density at radius 2 is 1.73 bits per heavy atom. The third kappa shape index (κ3) is 4.17. The van der Waals surface area contributed by atoms with Gasteiger partial charge in [-0.3, -0.25) is 0 Å². The summed E-state index contributed by atoms with van der Waals surface area (Å²) in [6, 6.07) is 17.9. The first kappa shape index (κ1) is 19.6. The first-order valence-electron chi connectivity index (χ1n) is 9.60. The van der Waals surface area contributed by atoms with Gasteiger partial charge in [0.1, 0.15) is 6.61 Å². The SMILES string of the molecule is [CH2]c1cc(OC)c(OCc2ccc(OC)nc2)cc1N1C=CN(c2ccccc2)C1. The van der Waals surface area contributed by atoms with E-state index in [0.29, 0.717) is 30.7 Å². The van der Waals surface area contributed by atoms with Gasteiger partial charge in [0.2, 0.25) is 5.88 Å². The molecule has 0 saturated heterocycles. The van der Waals surface area contributed by atoms with Gasteiger partial charge in [0, 0.05) is 47.7 Å². The molecule has 3 aromatic rings. The Balaban J connectivity index is 1.52. The number of pyridine rings is 1. The van der Waals surface area contributed by atoms with Crippen molar-refractivity contribution in [3.8, 4) is 17.4 Å². The Hall–Kier alpha value is -3.67. The molecule has 0 spiro atoms. The molecule has 0 bridgehead atoms. The predicted molar refractivity (Wildman–Crippen MR) is 118 cm³/mol. The van der Waals surface area contributed by atoms with Gasteiger partial charge in [0.25, 0.3) is 0 Å². The lowest BCUT2D eigenvalue weighted by molar-refractivity contribution is 0.284. The molecule has 2 aromatic carbocycles.